The van der Waals surface area contributed by atoms with Crippen molar-refractivity contribution in [2.75, 3.05) is 0 Å². The van der Waals surface area contributed by atoms with Crippen molar-refractivity contribution in [3.05, 3.63) is 0 Å². The predicted octanol–water partition coefficient (Wildman–Crippen LogP) is 1.42. The van der Waals surface area contributed by atoms with Crippen LogP contribution < -0.4 is 0 Å². The highest BCUT2D eigenvalue weighted by Crippen LogP contribution is 2.05. The van der Waals surface area contributed by atoms with Crippen LogP contribution in [0.4, 0.5) is 0 Å². The fourth-order valence-electron chi connectivity index (χ4n) is 0.957. The molecule has 0 spiro atoms. The molecule has 0 aliphatic carbocycles. The zero-order valence-electron chi connectivity index (χ0n) is 10.9. The Hall–Kier alpha value is -1.10. The molecule has 5 heteroatoms. The van der Waals surface area contributed by atoms with Crippen LogP contribution >= 0.6 is 0 Å². The highest BCUT2D eigenvalue weighted by atomic mass is 16.6. The van der Waals surface area contributed by atoms with Crippen LogP contribution in [-0.4, -0.2) is 35.4 Å². The van der Waals surface area contributed by atoms with Crippen molar-refractivity contribution >= 4 is 11.9 Å². The molecule has 0 bridgehead atoms. The second-order valence-corrected chi connectivity index (χ2v) is 4.08. The smallest absolute Gasteiger partial charge is 0.335 e. The molecule has 3 atom stereocenters. The Balaban J connectivity index is 4.03. The van der Waals surface area contributed by atoms with Gasteiger partial charge in [0, 0.05) is 0 Å². The van der Waals surface area contributed by atoms with Gasteiger partial charge in [0.1, 0.15) is 0 Å². The van der Waals surface area contributed by atoms with Gasteiger partial charge in [0.05, 0.1) is 18.6 Å². The molecule has 0 amide bonds. The van der Waals surface area contributed by atoms with Gasteiger partial charge in [-0.3, -0.25) is 4.79 Å². The fourth-order valence-corrected chi connectivity index (χ4v) is 0.957. The molecule has 0 unspecified atom stereocenters. The molecule has 0 aromatic heterocycles. The van der Waals surface area contributed by atoms with Crippen molar-refractivity contribution < 1.29 is 24.2 Å². The average Bonchev–Trinajstić information content (AvgIpc) is 2.28. The number of carbonyl (C=O) groups is 2. The third-order valence-corrected chi connectivity index (χ3v) is 2.43. The van der Waals surface area contributed by atoms with Gasteiger partial charge >= 0.3 is 11.9 Å². The van der Waals surface area contributed by atoms with E-state index in [1.807, 2.05) is 13.8 Å². The largest absolute Gasteiger partial charge is 0.463 e. The summed E-state index contributed by atoms with van der Waals surface area (Å²) in [4.78, 5) is 22.6. The van der Waals surface area contributed by atoms with Gasteiger partial charge in [-0.25, -0.2) is 4.79 Å². The Bertz CT molecular complexity index is 251. The van der Waals surface area contributed by atoms with Crippen molar-refractivity contribution in [1.29, 1.82) is 0 Å². The third-order valence-electron chi connectivity index (χ3n) is 2.43. The van der Waals surface area contributed by atoms with E-state index in [2.05, 4.69) is 0 Å². The lowest BCUT2D eigenvalue weighted by atomic mass is 10.2. The SMILES string of the molecule is CC[C@@H](C)OC(=O)C[C@@H](O)C(=O)O[C@@H](C)CC. The quantitative estimate of drug-likeness (QED) is 0.688. The van der Waals surface area contributed by atoms with Crippen LogP contribution in [-0.2, 0) is 19.1 Å². The van der Waals surface area contributed by atoms with E-state index < -0.39 is 18.0 Å². The maximum Gasteiger partial charge on any atom is 0.335 e. The number of carbonyl (C=O) groups excluding carboxylic acids is 2. The van der Waals surface area contributed by atoms with E-state index in [1.54, 1.807) is 13.8 Å². The van der Waals surface area contributed by atoms with Crippen LogP contribution in [0.3, 0.4) is 0 Å². The van der Waals surface area contributed by atoms with E-state index in [0.29, 0.717) is 12.8 Å². The molecule has 0 radical (unpaired) electrons. The van der Waals surface area contributed by atoms with Crippen molar-refractivity contribution in [3.63, 3.8) is 0 Å². The molecule has 17 heavy (non-hydrogen) atoms. The van der Waals surface area contributed by atoms with Gasteiger partial charge in [-0.15, -0.1) is 0 Å². The average molecular weight is 246 g/mol. The first kappa shape index (κ1) is 15.9. The molecule has 0 aliphatic heterocycles. The summed E-state index contributed by atoms with van der Waals surface area (Å²) in [5.41, 5.74) is 0. The standard InChI is InChI=1S/C12H22O5/c1-5-8(3)16-11(14)7-10(13)12(15)17-9(4)6-2/h8-10,13H,5-7H2,1-4H3/t8-,9+,10-/m1/s1. The molecule has 5 nitrogen and oxygen atoms in total. The van der Waals surface area contributed by atoms with Gasteiger partial charge in [0.15, 0.2) is 6.10 Å². The van der Waals surface area contributed by atoms with Crippen molar-refractivity contribution in [1.82, 2.24) is 0 Å². The van der Waals surface area contributed by atoms with Gasteiger partial charge in [-0.2, -0.15) is 0 Å². The number of hydrogen-bond donors (Lipinski definition) is 1. The van der Waals surface area contributed by atoms with E-state index in [4.69, 9.17) is 9.47 Å². The molecular weight excluding hydrogens is 224 g/mol. The Morgan fingerprint density at radius 2 is 1.53 bits per heavy atom. The van der Waals surface area contributed by atoms with E-state index >= 15 is 0 Å². The first-order chi connectivity index (χ1) is 7.90. The van der Waals surface area contributed by atoms with E-state index in [1.165, 1.54) is 0 Å². The Labute approximate surface area is 102 Å². The molecule has 100 valence electrons. The Kier molecular flexibility index (Phi) is 7.54. The van der Waals surface area contributed by atoms with E-state index in [-0.39, 0.29) is 18.6 Å². The molecule has 1 N–H and O–H groups in total. The molecule has 0 fully saturated rings. The van der Waals surface area contributed by atoms with Gasteiger partial charge in [-0.1, -0.05) is 13.8 Å². The maximum absolute atomic E-state index is 11.3. The molecule has 0 aliphatic rings. The van der Waals surface area contributed by atoms with Gasteiger partial charge < -0.3 is 14.6 Å². The highest BCUT2D eigenvalue weighted by Gasteiger charge is 2.23. The molecule has 0 saturated heterocycles. The van der Waals surface area contributed by atoms with Crippen LogP contribution in [0.5, 0.6) is 0 Å². The second kappa shape index (κ2) is 8.06. The van der Waals surface area contributed by atoms with Crippen LogP contribution in [0.1, 0.15) is 47.0 Å². The van der Waals surface area contributed by atoms with Crippen LogP contribution in [0.15, 0.2) is 0 Å². The topological polar surface area (TPSA) is 72.8 Å². The lowest BCUT2D eigenvalue weighted by Crippen LogP contribution is -2.30. The summed E-state index contributed by atoms with van der Waals surface area (Å²) in [6, 6.07) is 0. The number of ether oxygens (including phenoxy) is 2. The molecule has 0 rings (SSSR count). The summed E-state index contributed by atoms with van der Waals surface area (Å²) in [5.74, 6) is -1.37. The summed E-state index contributed by atoms with van der Waals surface area (Å²) in [7, 11) is 0. The summed E-state index contributed by atoms with van der Waals surface area (Å²) < 4.78 is 9.84. The minimum absolute atomic E-state index is 0.208. The van der Waals surface area contributed by atoms with E-state index in [0.717, 1.165) is 0 Å². The number of rotatable bonds is 7. The molecular formula is C12H22O5. The Morgan fingerprint density at radius 3 is 2.00 bits per heavy atom. The summed E-state index contributed by atoms with van der Waals surface area (Å²) in [5, 5.41) is 9.44. The number of hydrogen-bond acceptors (Lipinski definition) is 5. The lowest BCUT2D eigenvalue weighted by Gasteiger charge is -2.15. The number of esters is 2. The number of aliphatic hydroxyl groups is 1. The first-order valence-corrected chi connectivity index (χ1v) is 5.98. The van der Waals surface area contributed by atoms with Gasteiger partial charge in [0.2, 0.25) is 0 Å². The lowest BCUT2D eigenvalue weighted by molar-refractivity contribution is -0.165. The monoisotopic (exact) mass is 246 g/mol. The first-order valence-electron chi connectivity index (χ1n) is 5.98. The zero-order chi connectivity index (χ0) is 13.4. The molecule has 0 aromatic rings. The number of aliphatic hydroxyl groups excluding tert-OH is 1. The minimum Gasteiger partial charge on any atom is -0.463 e. The highest BCUT2D eigenvalue weighted by molar-refractivity contribution is 5.81. The minimum atomic E-state index is -1.44. The molecule has 0 heterocycles. The predicted molar refractivity (Wildman–Crippen MR) is 62.3 cm³/mol. The zero-order valence-corrected chi connectivity index (χ0v) is 10.9. The van der Waals surface area contributed by atoms with Crippen LogP contribution in [0.2, 0.25) is 0 Å². The fraction of sp³-hybridized carbons (Fsp3) is 0.833. The van der Waals surface area contributed by atoms with Crippen molar-refractivity contribution in [2.24, 2.45) is 0 Å². The van der Waals surface area contributed by atoms with Crippen molar-refractivity contribution in [3.8, 4) is 0 Å². The Morgan fingerprint density at radius 1 is 1.06 bits per heavy atom. The van der Waals surface area contributed by atoms with Crippen LogP contribution in [0, 0.1) is 0 Å². The van der Waals surface area contributed by atoms with Gasteiger partial charge in [0.25, 0.3) is 0 Å². The maximum atomic E-state index is 11.3. The normalized spacial score (nSPS) is 15.8. The summed E-state index contributed by atoms with van der Waals surface area (Å²) >= 11 is 0. The van der Waals surface area contributed by atoms with Crippen LogP contribution in [0.25, 0.3) is 0 Å². The summed E-state index contributed by atoms with van der Waals surface area (Å²) in [6.45, 7) is 7.22. The van der Waals surface area contributed by atoms with Gasteiger partial charge in [-0.05, 0) is 26.7 Å². The van der Waals surface area contributed by atoms with Crippen molar-refractivity contribution in [2.45, 2.75) is 65.3 Å². The second-order valence-electron chi connectivity index (χ2n) is 4.08. The molecule has 0 saturated carbocycles. The molecule has 0 aromatic carbocycles. The third kappa shape index (κ3) is 6.94. The van der Waals surface area contributed by atoms with E-state index in [9.17, 15) is 14.7 Å². The summed E-state index contributed by atoms with van der Waals surface area (Å²) in [6.07, 6.45) is -0.919.